The molecule has 106 valence electrons. The number of halogens is 2. The van der Waals surface area contributed by atoms with Crippen LogP contribution in [0.3, 0.4) is 0 Å². The molecule has 2 aromatic carbocycles. The topological polar surface area (TPSA) is 12.0 Å². The molecule has 0 amide bonds. The predicted molar refractivity (Wildman–Crippen MR) is 93.4 cm³/mol. The van der Waals surface area contributed by atoms with Crippen molar-refractivity contribution < 1.29 is 0 Å². The zero-order valence-electron chi connectivity index (χ0n) is 12.2. The standard InChI is InChI=1S/C17H19Br2N/c1-10-5-11(2)7-13(6-10)17(20-4)14-9-15(18)12(3)8-16(14)19/h5-9,17,20H,1-4H3. The van der Waals surface area contributed by atoms with Gasteiger partial charge in [-0.1, -0.05) is 61.2 Å². The van der Waals surface area contributed by atoms with E-state index in [4.69, 9.17) is 0 Å². The van der Waals surface area contributed by atoms with E-state index in [0.29, 0.717) is 0 Å². The van der Waals surface area contributed by atoms with E-state index in [2.05, 4.69) is 88.3 Å². The quantitative estimate of drug-likeness (QED) is 0.727. The van der Waals surface area contributed by atoms with Crippen LogP contribution in [0.5, 0.6) is 0 Å². The minimum absolute atomic E-state index is 0.180. The van der Waals surface area contributed by atoms with Gasteiger partial charge in [0.1, 0.15) is 0 Å². The third-order valence-corrected chi connectivity index (χ3v) is 5.00. The molecule has 0 radical (unpaired) electrons. The fourth-order valence-corrected chi connectivity index (χ4v) is 3.61. The summed E-state index contributed by atoms with van der Waals surface area (Å²) < 4.78 is 2.28. The average molecular weight is 397 g/mol. The van der Waals surface area contributed by atoms with Crippen LogP contribution < -0.4 is 5.32 Å². The highest BCUT2D eigenvalue weighted by atomic mass is 79.9. The Kier molecular flexibility index (Phi) is 5.05. The Morgan fingerprint density at radius 2 is 1.45 bits per heavy atom. The van der Waals surface area contributed by atoms with Crippen LogP contribution in [0.4, 0.5) is 0 Å². The molecule has 0 aromatic heterocycles. The minimum Gasteiger partial charge on any atom is -0.309 e. The van der Waals surface area contributed by atoms with Gasteiger partial charge in [0, 0.05) is 8.95 Å². The summed E-state index contributed by atoms with van der Waals surface area (Å²) in [5, 5.41) is 3.43. The molecule has 0 aliphatic carbocycles. The molecule has 0 aliphatic heterocycles. The van der Waals surface area contributed by atoms with Gasteiger partial charge in [-0.25, -0.2) is 0 Å². The number of hydrogen-bond donors (Lipinski definition) is 1. The first kappa shape index (κ1) is 15.7. The number of benzene rings is 2. The van der Waals surface area contributed by atoms with E-state index in [-0.39, 0.29) is 6.04 Å². The van der Waals surface area contributed by atoms with Crippen LogP contribution in [-0.2, 0) is 0 Å². The average Bonchev–Trinajstić information content (AvgIpc) is 2.35. The van der Waals surface area contributed by atoms with E-state index in [1.165, 1.54) is 27.8 Å². The summed E-state index contributed by atoms with van der Waals surface area (Å²) in [5.41, 5.74) is 6.36. The third-order valence-electron chi connectivity index (χ3n) is 3.45. The molecule has 20 heavy (non-hydrogen) atoms. The van der Waals surface area contributed by atoms with Gasteiger partial charge in [-0.15, -0.1) is 0 Å². The molecular weight excluding hydrogens is 378 g/mol. The Balaban J connectivity index is 2.55. The lowest BCUT2D eigenvalue weighted by molar-refractivity contribution is 0.687. The lowest BCUT2D eigenvalue weighted by Gasteiger charge is -2.21. The molecule has 0 heterocycles. The summed E-state index contributed by atoms with van der Waals surface area (Å²) in [4.78, 5) is 0. The molecule has 1 unspecified atom stereocenters. The van der Waals surface area contributed by atoms with Gasteiger partial charge in [-0.05, 0) is 56.6 Å². The van der Waals surface area contributed by atoms with Crippen LogP contribution in [0.15, 0.2) is 39.3 Å². The maximum atomic E-state index is 3.70. The molecular formula is C17H19Br2N. The first-order valence-corrected chi connectivity index (χ1v) is 8.22. The van der Waals surface area contributed by atoms with Crippen LogP contribution in [0, 0.1) is 20.8 Å². The van der Waals surface area contributed by atoms with E-state index < -0.39 is 0 Å². The van der Waals surface area contributed by atoms with Gasteiger partial charge in [0.2, 0.25) is 0 Å². The summed E-state index contributed by atoms with van der Waals surface area (Å²) in [5.74, 6) is 0. The highest BCUT2D eigenvalue weighted by molar-refractivity contribution is 9.11. The summed E-state index contributed by atoms with van der Waals surface area (Å²) in [6.07, 6.45) is 0. The lowest BCUT2D eigenvalue weighted by atomic mass is 9.95. The highest BCUT2D eigenvalue weighted by Crippen LogP contribution is 2.33. The fraction of sp³-hybridized carbons (Fsp3) is 0.294. The van der Waals surface area contributed by atoms with Gasteiger partial charge in [0.05, 0.1) is 6.04 Å². The van der Waals surface area contributed by atoms with E-state index >= 15 is 0 Å². The number of aryl methyl sites for hydroxylation is 3. The minimum atomic E-state index is 0.180. The highest BCUT2D eigenvalue weighted by Gasteiger charge is 2.17. The van der Waals surface area contributed by atoms with E-state index in [0.717, 1.165) is 8.95 Å². The van der Waals surface area contributed by atoms with E-state index in [1.54, 1.807) is 0 Å². The Labute approximate surface area is 138 Å². The summed E-state index contributed by atoms with van der Waals surface area (Å²) in [6.45, 7) is 6.39. The molecule has 0 aliphatic rings. The van der Waals surface area contributed by atoms with Crippen LogP contribution >= 0.6 is 31.9 Å². The molecule has 0 spiro atoms. The zero-order valence-corrected chi connectivity index (χ0v) is 15.4. The lowest BCUT2D eigenvalue weighted by Crippen LogP contribution is -2.18. The Morgan fingerprint density at radius 3 is 2.00 bits per heavy atom. The molecule has 3 heteroatoms. The predicted octanol–water partition coefficient (Wildman–Crippen LogP) is 5.45. The second kappa shape index (κ2) is 6.42. The number of hydrogen-bond acceptors (Lipinski definition) is 1. The molecule has 0 fully saturated rings. The van der Waals surface area contributed by atoms with Crippen molar-refractivity contribution in [2.24, 2.45) is 0 Å². The van der Waals surface area contributed by atoms with Gasteiger partial charge < -0.3 is 5.32 Å². The maximum Gasteiger partial charge on any atom is 0.0586 e. The largest absolute Gasteiger partial charge is 0.309 e. The zero-order chi connectivity index (χ0) is 14.9. The first-order valence-electron chi connectivity index (χ1n) is 6.63. The van der Waals surface area contributed by atoms with Crippen LogP contribution in [0.2, 0.25) is 0 Å². The molecule has 0 saturated heterocycles. The van der Waals surface area contributed by atoms with Crippen molar-refractivity contribution >= 4 is 31.9 Å². The molecule has 1 nitrogen and oxygen atoms in total. The molecule has 0 bridgehead atoms. The second-order valence-corrected chi connectivity index (χ2v) is 6.97. The van der Waals surface area contributed by atoms with Crippen molar-refractivity contribution in [3.05, 3.63) is 67.1 Å². The summed E-state index contributed by atoms with van der Waals surface area (Å²) in [7, 11) is 2.00. The van der Waals surface area contributed by atoms with E-state index in [1.807, 2.05) is 7.05 Å². The van der Waals surface area contributed by atoms with Crippen molar-refractivity contribution in [3.63, 3.8) is 0 Å². The van der Waals surface area contributed by atoms with Crippen LogP contribution in [0.1, 0.15) is 33.9 Å². The van der Waals surface area contributed by atoms with Crippen molar-refractivity contribution in [1.29, 1.82) is 0 Å². The fourth-order valence-electron chi connectivity index (χ4n) is 2.56. The molecule has 2 aromatic rings. The third kappa shape index (κ3) is 3.33. The van der Waals surface area contributed by atoms with Crippen LogP contribution in [-0.4, -0.2) is 7.05 Å². The van der Waals surface area contributed by atoms with E-state index in [9.17, 15) is 0 Å². The van der Waals surface area contributed by atoms with Crippen molar-refractivity contribution in [2.75, 3.05) is 7.05 Å². The SMILES string of the molecule is CNC(c1cc(C)cc(C)c1)c1cc(Br)c(C)cc1Br. The number of nitrogens with one attached hydrogen (secondary N) is 1. The normalized spacial score (nSPS) is 12.5. The van der Waals surface area contributed by atoms with Gasteiger partial charge in [-0.3, -0.25) is 0 Å². The molecule has 1 N–H and O–H groups in total. The molecule has 1 atom stereocenters. The van der Waals surface area contributed by atoms with Crippen molar-refractivity contribution in [1.82, 2.24) is 5.32 Å². The summed E-state index contributed by atoms with van der Waals surface area (Å²) >= 11 is 7.33. The van der Waals surface area contributed by atoms with Gasteiger partial charge in [0.15, 0.2) is 0 Å². The molecule has 0 saturated carbocycles. The van der Waals surface area contributed by atoms with Crippen LogP contribution in [0.25, 0.3) is 0 Å². The maximum absolute atomic E-state index is 3.70. The molecule has 2 rings (SSSR count). The van der Waals surface area contributed by atoms with Crippen molar-refractivity contribution in [3.8, 4) is 0 Å². The Morgan fingerprint density at radius 1 is 0.850 bits per heavy atom. The van der Waals surface area contributed by atoms with Gasteiger partial charge >= 0.3 is 0 Å². The number of rotatable bonds is 3. The Bertz CT molecular complexity index is 615. The smallest absolute Gasteiger partial charge is 0.0586 e. The Hall–Kier alpha value is -0.640. The first-order chi connectivity index (χ1) is 9.42. The van der Waals surface area contributed by atoms with Gasteiger partial charge in [0.25, 0.3) is 0 Å². The van der Waals surface area contributed by atoms with Gasteiger partial charge in [-0.2, -0.15) is 0 Å². The summed E-state index contributed by atoms with van der Waals surface area (Å²) in [6, 6.07) is 11.2. The second-order valence-electron chi connectivity index (χ2n) is 5.27. The van der Waals surface area contributed by atoms with Crippen molar-refractivity contribution in [2.45, 2.75) is 26.8 Å². The monoisotopic (exact) mass is 395 g/mol.